The van der Waals surface area contributed by atoms with Crippen LogP contribution in [0.15, 0.2) is 37.1 Å². The van der Waals surface area contributed by atoms with Gasteiger partial charge in [0, 0.05) is 30.8 Å². The van der Waals surface area contributed by atoms with Crippen molar-refractivity contribution in [3.63, 3.8) is 0 Å². The molecule has 0 saturated heterocycles. The van der Waals surface area contributed by atoms with Crippen molar-refractivity contribution in [1.82, 2.24) is 35.1 Å². The van der Waals surface area contributed by atoms with E-state index in [9.17, 15) is 18.4 Å². The minimum absolute atomic E-state index is 0.129. The van der Waals surface area contributed by atoms with Gasteiger partial charge in [-0.05, 0) is 12.0 Å². The number of hydroxylamine groups is 1. The summed E-state index contributed by atoms with van der Waals surface area (Å²) in [6, 6.07) is 1.59. The molecule has 0 saturated carbocycles. The molecular formula is C23H25F2N9O4. The van der Waals surface area contributed by atoms with Crippen LogP contribution >= 0.6 is 0 Å². The van der Waals surface area contributed by atoms with Gasteiger partial charge in [0.25, 0.3) is 5.91 Å². The van der Waals surface area contributed by atoms with E-state index in [2.05, 4.69) is 35.9 Å². The Hall–Kier alpha value is -4.66. The van der Waals surface area contributed by atoms with Crippen LogP contribution in [0, 0.1) is 11.6 Å². The highest BCUT2D eigenvalue weighted by Gasteiger charge is 2.22. The van der Waals surface area contributed by atoms with Crippen molar-refractivity contribution in [2.45, 2.75) is 32.7 Å². The van der Waals surface area contributed by atoms with Gasteiger partial charge in [-0.15, -0.1) is 5.10 Å². The largest absolute Gasteiger partial charge is 0.449 e. The van der Waals surface area contributed by atoms with Crippen molar-refractivity contribution in [1.29, 1.82) is 0 Å². The zero-order chi connectivity index (χ0) is 27.2. The number of carbonyl (C=O) groups excluding carboxylic acids is 2. The average molecular weight is 530 g/mol. The van der Waals surface area contributed by atoms with E-state index in [1.807, 2.05) is 19.3 Å². The smallest absolute Gasteiger partial charge is 0.411 e. The van der Waals surface area contributed by atoms with Gasteiger partial charge in [0.15, 0.2) is 5.82 Å². The number of aryl methyl sites for hydroxylation is 1. The molecule has 0 fully saturated rings. The predicted octanol–water partition coefficient (Wildman–Crippen LogP) is 3.40. The van der Waals surface area contributed by atoms with Gasteiger partial charge in [-0.2, -0.15) is 5.10 Å². The van der Waals surface area contributed by atoms with E-state index in [1.54, 1.807) is 23.3 Å². The van der Waals surface area contributed by atoms with Gasteiger partial charge < -0.3 is 10.1 Å². The van der Waals surface area contributed by atoms with Crippen molar-refractivity contribution >= 4 is 34.7 Å². The summed E-state index contributed by atoms with van der Waals surface area (Å²) in [6.07, 6.45) is 5.95. The van der Waals surface area contributed by atoms with Crippen LogP contribution in [0.25, 0.3) is 5.52 Å². The number of hydrogen-bond acceptors (Lipinski definition) is 9. The molecule has 0 atom stereocenters. The summed E-state index contributed by atoms with van der Waals surface area (Å²) in [6.45, 7) is 4.49. The zero-order valence-electron chi connectivity index (χ0n) is 20.7. The molecule has 0 bridgehead atoms. The van der Waals surface area contributed by atoms with Gasteiger partial charge in [-0.1, -0.05) is 19.1 Å². The van der Waals surface area contributed by atoms with Crippen LogP contribution in [-0.2, 0) is 16.1 Å². The summed E-state index contributed by atoms with van der Waals surface area (Å²) in [5.74, 6) is -2.86. The molecule has 0 aliphatic heterocycles. The number of aromatic nitrogens is 6. The van der Waals surface area contributed by atoms with Gasteiger partial charge in [-0.25, -0.2) is 28.6 Å². The van der Waals surface area contributed by atoms with Crippen LogP contribution in [0.4, 0.5) is 30.8 Å². The first-order chi connectivity index (χ1) is 18.3. The minimum atomic E-state index is -1.06. The number of anilines is 3. The number of fused-ring (bicyclic) bond motifs is 1. The molecule has 0 aliphatic rings. The summed E-state index contributed by atoms with van der Waals surface area (Å²) in [4.78, 5) is 33.3. The molecule has 1 aromatic carbocycles. The number of rotatable bonds is 10. The summed E-state index contributed by atoms with van der Waals surface area (Å²) < 4.78 is 37.2. The molecule has 200 valence electrons. The Morgan fingerprint density at radius 2 is 1.97 bits per heavy atom. The number of nitrogens with one attached hydrogen (secondary N) is 3. The number of carbonyl (C=O) groups is 2. The van der Waals surface area contributed by atoms with E-state index >= 15 is 0 Å². The van der Waals surface area contributed by atoms with Crippen molar-refractivity contribution in [2.75, 3.05) is 24.4 Å². The van der Waals surface area contributed by atoms with Crippen LogP contribution in [0.3, 0.4) is 0 Å². The molecule has 38 heavy (non-hydrogen) atoms. The second kappa shape index (κ2) is 11.6. The summed E-state index contributed by atoms with van der Waals surface area (Å²) in [7, 11) is 1.19. The van der Waals surface area contributed by atoms with E-state index < -0.39 is 29.2 Å². The third-order valence-electron chi connectivity index (χ3n) is 5.41. The number of hydrogen-bond donors (Lipinski definition) is 3. The highest BCUT2D eigenvalue weighted by Crippen LogP contribution is 2.35. The first-order valence-corrected chi connectivity index (χ1v) is 11.5. The Morgan fingerprint density at radius 3 is 2.68 bits per heavy atom. The van der Waals surface area contributed by atoms with Crippen LogP contribution in [0.1, 0.15) is 42.1 Å². The van der Waals surface area contributed by atoms with E-state index in [1.165, 1.54) is 18.0 Å². The van der Waals surface area contributed by atoms with Crippen LogP contribution in [-0.4, -0.2) is 55.3 Å². The Balaban J connectivity index is 1.57. The minimum Gasteiger partial charge on any atom is -0.449 e. The number of amides is 2. The molecule has 0 unspecified atom stereocenters. The quantitative estimate of drug-likeness (QED) is 0.207. The monoisotopic (exact) mass is 529 g/mol. The molecule has 4 rings (SSSR count). The van der Waals surface area contributed by atoms with Crippen LogP contribution in [0.5, 0.6) is 0 Å². The van der Waals surface area contributed by atoms with Crippen LogP contribution < -0.4 is 16.1 Å². The van der Waals surface area contributed by atoms with E-state index in [4.69, 9.17) is 4.74 Å². The molecule has 15 heteroatoms. The summed E-state index contributed by atoms with van der Waals surface area (Å²) in [5, 5.41) is 17.3. The van der Waals surface area contributed by atoms with Gasteiger partial charge in [0.05, 0.1) is 43.0 Å². The van der Waals surface area contributed by atoms with Crippen molar-refractivity contribution in [3.8, 4) is 0 Å². The molecule has 0 spiro atoms. The predicted molar refractivity (Wildman–Crippen MR) is 131 cm³/mol. The third-order valence-corrected chi connectivity index (χ3v) is 5.41. The maximum atomic E-state index is 14.6. The maximum Gasteiger partial charge on any atom is 0.411 e. The Morgan fingerprint density at radius 1 is 1.16 bits per heavy atom. The SMILES string of the molecule is CONC(=O)c1cc(Nc2ncnn3cc(NC(=O)OCCCn4ccnn4)c(C(C)C)c23)c(F)cc1F. The number of ether oxygens (including phenoxy) is 1. The average Bonchev–Trinajstić information content (AvgIpc) is 3.51. The molecule has 3 aromatic heterocycles. The highest BCUT2D eigenvalue weighted by molar-refractivity contribution is 5.95. The molecule has 4 aromatic rings. The Labute approximate surface area is 215 Å². The topological polar surface area (TPSA) is 150 Å². The number of nitrogens with zero attached hydrogens (tertiary/aromatic N) is 6. The maximum absolute atomic E-state index is 14.6. The normalized spacial score (nSPS) is 11.1. The molecule has 0 aliphatic carbocycles. The first kappa shape index (κ1) is 26.4. The summed E-state index contributed by atoms with van der Waals surface area (Å²) >= 11 is 0. The molecule has 0 radical (unpaired) electrons. The van der Waals surface area contributed by atoms with Crippen LogP contribution in [0.2, 0.25) is 0 Å². The zero-order valence-corrected chi connectivity index (χ0v) is 20.7. The lowest BCUT2D eigenvalue weighted by molar-refractivity contribution is 0.0533. The first-order valence-electron chi connectivity index (χ1n) is 11.5. The van der Waals surface area contributed by atoms with Gasteiger partial charge in [0.1, 0.15) is 23.5 Å². The second-order valence-electron chi connectivity index (χ2n) is 8.37. The fourth-order valence-corrected chi connectivity index (χ4v) is 3.79. The Kier molecular flexibility index (Phi) is 8.06. The van der Waals surface area contributed by atoms with E-state index in [0.29, 0.717) is 35.8 Å². The lowest BCUT2D eigenvalue weighted by Crippen LogP contribution is -2.23. The standard InChI is InChI=1S/C23H25F2N9O4/c1-13(2)19-18(30-23(36)38-8-4-6-33-7-5-27-32-33)11-34-20(19)21(26-12-28-34)29-17-9-14(22(35)31-37-3)15(24)10-16(17)25/h5,7,9-13H,4,6,8H2,1-3H3,(H,30,36)(H,31,35)(H,26,28,29). The molecule has 3 N–H and O–H groups in total. The van der Waals surface area contributed by atoms with Crippen molar-refractivity contribution in [3.05, 3.63) is 59.8 Å². The summed E-state index contributed by atoms with van der Waals surface area (Å²) in [5.41, 5.74) is 2.86. The van der Waals surface area contributed by atoms with Gasteiger partial charge in [-0.3, -0.25) is 19.6 Å². The fraction of sp³-hybridized carbons (Fsp3) is 0.304. The number of benzene rings is 1. The van der Waals surface area contributed by atoms with Crippen molar-refractivity contribution in [2.24, 2.45) is 0 Å². The lowest BCUT2D eigenvalue weighted by atomic mass is 10.0. The lowest BCUT2D eigenvalue weighted by Gasteiger charge is -2.13. The number of halogens is 2. The molecule has 3 heterocycles. The van der Waals surface area contributed by atoms with E-state index in [-0.39, 0.29) is 24.0 Å². The highest BCUT2D eigenvalue weighted by atomic mass is 19.1. The van der Waals surface area contributed by atoms with Gasteiger partial charge >= 0.3 is 6.09 Å². The van der Waals surface area contributed by atoms with Gasteiger partial charge in [0.2, 0.25) is 0 Å². The third kappa shape index (κ3) is 5.83. The Bertz CT molecular complexity index is 1440. The van der Waals surface area contributed by atoms with E-state index in [0.717, 1.165) is 6.07 Å². The second-order valence-corrected chi connectivity index (χ2v) is 8.37. The fourth-order valence-electron chi connectivity index (χ4n) is 3.79. The molecule has 13 nitrogen and oxygen atoms in total. The van der Waals surface area contributed by atoms with Crippen molar-refractivity contribution < 1.29 is 27.9 Å². The molecular weight excluding hydrogens is 504 g/mol. The molecule has 2 amide bonds.